The first-order valence-corrected chi connectivity index (χ1v) is 9.79. The monoisotopic (exact) mass is 389 g/mol. The largest absolute Gasteiger partial charge is 0.494 e. The minimum atomic E-state index is -3.01. The van der Waals surface area contributed by atoms with Crippen LogP contribution in [0.4, 0.5) is 0 Å². The van der Waals surface area contributed by atoms with Gasteiger partial charge >= 0.3 is 0 Å². The fraction of sp³-hybridized carbons (Fsp3) is 0.533. The van der Waals surface area contributed by atoms with Crippen molar-refractivity contribution in [3.63, 3.8) is 0 Å². The molecule has 22 heavy (non-hydrogen) atoms. The van der Waals surface area contributed by atoms with Crippen molar-refractivity contribution < 1.29 is 17.9 Å². The van der Waals surface area contributed by atoms with Crippen LogP contribution in [-0.4, -0.2) is 38.0 Å². The molecule has 122 valence electrons. The Kier molecular flexibility index (Phi) is 5.50. The molecule has 2 rings (SSSR count). The topological polar surface area (TPSA) is 72.5 Å². The highest BCUT2D eigenvalue weighted by molar-refractivity contribution is 9.10. The molecule has 0 spiro atoms. The van der Waals surface area contributed by atoms with Gasteiger partial charge in [-0.15, -0.1) is 0 Å². The molecule has 1 aromatic rings. The molecule has 1 unspecified atom stereocenters. The van der Waals surface area contributed by atoms with Gasteiger partial charge in [-0.25, -0.2) is 8.42 Å². The second kappa shape index (κ2) is 7.00. The van der Waals surface area contributed by atoms with Crippen LogP contribution in [-0.2, 0) is 14.6 Å². The summed E-state index contributed by atoms with van der Waals surface area (Å²) in [6, 6.07) is 7.52. The van der Waals surface area contributed by atoms with Gasteiger partial charge in [0.15, 0.2) is 9.84 Å². The number of halogens is 1. The molecule has 1 N–H and O–H groups in total. The Bertz CT molecular complexity index is 647. The molecule has 5 nitrogen and oxygen atoms in total. The minimum absolute atomic E-state index is 0.0281. The quantitative estimate of drug-likeness (QED) is 0.757. The van der Waals surface area contributed by atoms with Crippen molar-refractivity contribution >= 4 is 31.7 Å². The molecule has 1 aromatic carbocycles. The number of ether oxygens (including phenoxy) is 1. The maximum atomic E-state index is 11.9. The van der Waals surface area contributed by atoms with E-state index in [9.17, 15) is 13.2 Å². The summed E-state index contributed by atoms with van der Waals surface area (Å²) < 4.78 is 29.5. The van der Waals surface area contributed by atoms with Gasteiger partial charge in [0.05, 0.1) is 23.7 Å². The molecule has 0 aliphatic carbocycles. The van der Waals surface area contributed by atoms with E-state index in [4.69, 9.17) is 4.74 Å². The molecular formula is C15H20BrNO4S. The number of amides is 1. The molecule has 1 heterocycles. The van der Waals surface area contributed by atoms with Gasteiger partial charge in [-0.2, -0.15) is 0 Å². The smallest absolute Gasteiger partial charge is 0.220 e. The third-order valence-electron chi connectivity index (χ3n) is 3.56. The SMILES string of the molecule is CC1(NC(=O)CCCOc2cccc(Br)c2)CCS(=O)(=O)C1. The second-order valence-corrected chi connectivity index (χ2v) is 8.96. The Hall–Kier alpha value is -1.08. The average molecular weight is 390 g/mol. The van der Waals surface area contributed by atoms with E-state index < -0.39 is 15.4 Å². The highest BCUT2D eigenvalue weighted by Gasteiger charge is 2.39. The Morgan fingerprint density at radius 1 is 1.45 bits per heavy atom. The van der Waals surface area contributed by atoms with Crippen LogP contribution < -0.4 is 10.1 Å². The van der Waals surface area contributed by atoms with Crippen molar-refractivity contribution in [1.82, 2.24) is 5.32 Å². The first-order valence-electron chi connectivity index (χ1n) is 7.18. The molecule has 1 amide bonds. The summed E-state index contributed by atoms with van der Waals surface area (Å²) in [5.74, 6) is 0.803. The number of rotatable bonds is 6. The molecule has 7 heteroatoms. The first-order chi connectivity index (χ1) is 10.3. The van der Waals surface area contributed by atoms with Gasteiger partial charge < -0.3 is 10.1 Å². The summed E-state index contributed by atoms with van der Waals surface area (Å²) in [5, 5.41) is 2.84. The van der Waals surface area contributed by atoms with Crippen LogP contribution in [0.1, 0.15) is 26.2 Å². The zero-order valence-electron chi connectivity index (χ0n) is 12.5. The number of carbonyl (C=O) groups is 1. The molecule has 0 saturated carbocycles. The Morgan fingerprint density at radius 2 is 2.23 bits per heavy atom. The predicted molar refractivity (Wildman–Crippen MR) is 88.7 cm³/mol. The predicted octanol–water partition coefficient (Wildman–Crippen LogP) is 2.30. The van der Waals surface area contributed by atoms with Gasteiger partial charge in [0.25, 0.3) is 0 Å². The highest BCUT2D eigenvalue weighted by atomic mass is 79.9. The van der Waals surface area contributed by atoms with Crippen molar-refractivity contribution in [2.45, 2.75) is 31.7 Å². The summed E-state index contributed by atoms with van der Waals surface area (Å²) >= 11 is 3.37. The fourth-order valence-electron chi connectivity index (χ4n) is 2.49. The maximum absolute atomic E-state index is 11.9. The Morgan fingerprint density at radius 3 is 2.86 bits per heavy atom. The number of nitrogens with one attached hydrogen (secondary N) is 1. The molecule has 1 fully saturated rings. The van der Waals surface area contributed by atoms with E-state index in [2.05, 4.69) is 21.2 Å². The van der Waals surface area contributed by atoms with E-state index in [1.54, 1.807) is 6.92 Å². The van der Waals surface area contributed by atoms with E-state index in [-0.39, 0.29) is 17.4 Å². The Labute approximate surface area is 139 Å². The third kappa shape index (κ3) is 5.28. The fourth-order valence-corrected chi connectivity index (χ4v) is 4.96. The molecule has 0 radical (unpaired) electrons. The van der Waals surface area contributed by atoms with Gasteiger partial charge in [0.1, 0.15) is 5.75 Å². The summed E-state index contributed by atoms with van der Waals surface area (Å²) in [5.41, 5.74) is -0.624. The zero-order valence-corrected chi connectivity index (χ0v) is 14.9. The van der Waals surface area contributed by atoms with Crippen LogP contribution in [0.25, 0.3) is 0 Å². The van der Waals surface area contributed by atoms with E-state index in [1.165, 1.54) is 0 Å². The van der Waals surface area contributed by atoms with Crippen LogP contribution >= 0.6 is 15.9 Å². The lowest BCUT2D eigenvalue weighted by Crippen LogP contribution is -2.46. The van der Waals surface area contributed by atoms with Crippen molar-refractivity contribution in [3.8, 4) is 5.75 Å². The van der Waals surface area contributed by atoms with Crippen LogP contribution in [0.2, 0.25) is 0 Å². The van der Waals surface area contributed by atoms with Crippen molar-refractivity contribution in [3.05, 3.63) is 28.7 Å². The van der Waals surface area contributed by atoms with E-state index >= 15 is 0 Å². The van der Waals surface area contributed by atoms with Crippen molar-refractivity contribution in [2.75, 3.05) is 18.1 Å². The average Bonchev–Trinajstić information content (AvgIpc) is 2.68. The summed E-state index contributed by atoms with van der Waals surface area (Å²) in [6.45, 7) is 2.23. The normalized spacial score (nSPS) is 23.2. The van der Waals surface area contributed by atoms with Crippen LogP contribution in [0.15, 0.2) is 28.7 Å². The second-order valence-electron chi connectivity index (χ2n) is 5.86. The van der Waals surface area contributed by atoms with Gasteiger partial charge in [0.2, 0.25) is 5.91 Å². The standard InChI is InChI=1S/C15H20BrNO4S/c1-15(7-9-22(19,20)11-15)17-14(18)6-3-8-21-13-5-2-4-12(16)10-13/h2,4-5,10H,3,6-9,11H2,1H3,(H,17,18). The number of hydrogen-bond acceptors (Lipinski definition) is 4. The summed E-state index contributed by atoms with van der Waals surface area (Å²) in [7, 11) is -3.01. The zero-order chi connectivity index (χ0) is 16.2. The lowest BCUT2D eigenvalue weighted by Gasteiger charge is -2.23. The van der Waals surface area contributed by atoms with Crippen molar-refractivity contribution in [2.24, 2.45) is 0 Å². The lowest BCUT2D eigenvalue weighted by atomic mass is 10.0. The molecule has 0 aromatic heterocycles. The van der Waals surface area contributed by atoms with Gasteiger partial charge in [0, 0.05) is 10.9 Å². The van der Waals surface area contributed by atoms with Gasteiger partial charge in [-0.1, -0.05) is 22.0 Å². The van der Waals surface area contributed by atoms with Gasteiger partial charge in [-0.3, -0.25) is 4.79 Å². The van der Waals surface area contributed by atoms with E-state index in [1.807, 2.05) is 24.3 Å². The number of benzene rings is 1. The number of sulfone groups is 1. The first kappa shape index (κ1) is 17.3. The highest BCUT2D eigenvalue weighted by Crippen LogP contribution is 2.23. The minimum Gasteiger partial charge on any atom is -0.494 e. The van der Waals surface area contributed by atoms with Crippen LogP contribution in [0, 0.1) is 0 Å². The van der Waals surface area contributed by atoms with Crippen molar-refractivity contribution in [1.29, 1.82) is 0 Å². The maximum Gasteiger partial charge on any atom is 0.220 e. The van der Waals surface area contributed by atoms with E-state index in [0.29, 0.717) is 25.9 Å². The Balaban J connectivity index is 1.70. The number of carbonyl (C=O) groups excluding carboxylic acids is 1. The molecule has 1 atom stereocenters. The third-order valence-corrected chi connectivity index (χ3v) is 5.95. The van der Waals surface area contributed by atoms with Crippen LogP contribution in [0.3, 0.4) is 0 Å². The molecule has 1 saturated heterocycles. The number of hydrogen-bond donors (Lipinski definition) is 1. The van der Waals surface area contributed by atoms with E-state index in [0.717, 1.165) is 10.2 Å². The van der Waals surface area contributed by atoms with Crippen LogP contribution in [0.5, 0.6) is 5.75 Å². The molecule has 1 aliphatic rings. The van der Waals surface area contributed by atoms with Gasteiger partial charge in [-0.05, 0) is 38.0 Å². The summed E-state index contributed by atoms with van der Waals surface area (Å²) in [4.78, 5) is 11.9. The molecule has 1 aliphatic heterocycles. The molecular weight excluding hydrogens is 370 g/mol. The summed E-state index contributed by atoms with van der Waals surface area (Å²) in [6.07, 6.45) is 1.39. The lowest BCUT2D eigenvalue weighted by molar-refractivity contribution is -0.122. The molecule has 0 bridgehead atoms.